The maximum Gasteiger partial charge on any atom is 0.251 e. The van der Waals surface area contributed by atoms with Crippen LogP contribution >= 0.6 is 0 Å². The van der Waals surface area contributed by atoms with E-state index in [-0.39, 0.29) is 19.7 Å². The van der Waals surface area contributed by atoms with Crippen molar-refractivity contribution in [1.29, 1.82) is 0 Å². The molecule has 1 aromatic heterocycles. The van der Waals surface area contributed by atoms with Gasteiger partial charge in [0.1, 0.15) is 11.6 Å². The summed E-state index contributed by atoms with van der Waals surface area (Å²) in [6.07, 6.45) is -1.47. The first-order valence-corrected chi connectivity index (χ1v) is 6.75. The molecule has 7 heteroatoms. The van der Waals surface area contributed by atoms with Crippen molar-refractivity contribution < 1.29 is 13.9 Å². The van der Waals surface area contributed by atoms with E-state index in [0.29, 0.717) is 11.6 Å². The molecule has 5 nitrogen and oxygen atoms in total. The van der Waals surface area contributed by atoms with Gasteiger partial charge >= 0.3 is 0 Å². The minimum Gasteiger partial charge on any atom is -0.395 e. The Hall–Kier alpha value is -1.34. The van der Waals surface area contributed by atoms with Crippen LogP contribution in [0, 0.1) is 6.92 Å². The van der Waals surface area contributed by atoms with E-state index in [1.807, 2.05) is 19.9 Å². The van der Waals surface area contributed by atoms with Crippen LogP contribution in [0.5, 0.6) is 0 Å². The van der Waals surface area contributed by atoms with Crippen LogP contribution in [-0.2, 0) is 6.54 Å². The van der Waals surface area contributed by atoms with Crippen LogP contribution in [0.1, 0.15) is 24.9 Å². The molecule has 0 unspecified atom stereocenters. The number of aryl methyl sites for hydroxylation is 1. The predicted octanol–water partition coefficient (Wildman–Crippen LogP) is 1.67. The summed E-state index contributed by atoms with van der Waals surface area (Å²) in [7, 11) is 0. The fourth-order valence-electron chi connectivity index (χ4n) is 1.82. The summed E-state index contributed by atoms with van der Waals surface area (Å²) in [4.78, 5) is 10.0. The van der Waals surface area contributed by atoms with Gasteiger partial charge in [0.15, 0.2) is 0 Å². The van der Waals surface area contributed by atoms with Gasteiger partial charge in [0.2, 0.25) is 0 Å². The maximum atomic E-state index is 12.5. The summed E-state index contributed by atoms with van der Waals surface area (Å²) in [6.45, 7) is 4.51. The van der Waals surface area contributed by atoms with E-state index >= 15 is 0 Å². The molecule has 0 saturated carbocycles. The molecule has 0 aliphatic rings. The highest BCUT2D eigenvalue weighted by Crippen LogP contribution is 2.09. The second-order valence-electron chi connectivity index (χ2n) is 4.59. The molecule has 0 saturated heterocycles. The number of aliphatic hydroxyl groups excluding tert-OH is 1. The Morgan fingerprint density at radius 3 is 2.75 bits per heavy atom. The number of hydrogen-bond donors (Lipinski definition) is 2. The number of nitrogens with one attached hydrogen (secondary N) is 1. The van der Waals surface area contributed by atoms with Crippen LogP contribution in [0.15, 0.2) is 6.07 Å². The molecule has 0 spiro atoms. The number of anilines is 1. The highest BCUT2D eigenvalue weighted by atomic mass is 19.3. The van der Waals surface area contributed by atoms with Crippen molar-refractivity contribution in [2.75, 3.05) is 31.6 Å². The Bertz CT molecular complexity index is 404. The molecule has 0 aliphatic carbocycles. The second-order valence-corrected chi connectivity index (χ2v) is 4.59. The third-order valence-electron chi connectivity index (χ3n) is 2.63. The molecule has 1 rings (SSSR count). The van der Waals surface area contributed by atoms with Crippen LogP contribution in [0.2, 0.25) is 0 Å². The molecule has 0 aromatic carbocycles. The van der Waals surface area contributed by atoms with Gasteiger partial charge in [-0.25, -0.2) is 18.7 Å². The van der Waals surface area contributed by atoms with Gasteiger partial charge in [-0.3, -0.25) is 4.90 Å². The van der Waals surface area contributed by atoms with Crippen LogP contribution in [0.3, 0.4) is 0 Å². The molecule has 114 valence electrons. The topological polar surface area (TPSA) is 61.3 Å². The third-order valence-corrected chi connectivity index (χ3v) is 2.63. The molecule has 0 fully saturated rings. The Kier molecular flexibility index (Phi) is 7.32. The fraction of sp³-hybridized carbons (Fsp3) is 0.692. The van der Waals surface area contributed by atoms with Gasteiger partial charge in [0, 0.05) is 24.8 Å². The molecule has 0 aliphatic heterocycles. The average molecular weight is 288 g/mol. The van der Waals surface area contributed by atoms with Crippen molar-refractivity contribution >= 4 is 5.82 Å². The van der Waals surface area contributed by atoms with E-state index in [9.17, 15) is 8.78 Å². The van der Waals surface area contributed by atoms with Crippen LogP contribution < -0.4 is 5.32 Å². The number of rotatable bonds is 9. The molecule has 20 heavy (non-hydrogen) atoms. The standard InChI is InChI=1S/C13H22F2N4O/c1-3-4-16-12-7-10(2)17-13(18-12)9-19(5-6-20)8-11(14)15/h7,11,20H,3-6,8-9H2,1-2H3,(H,16,17,18). The lowest BCUT2D eigenvalue weighted by Gasteiger charge is -2.20. The Labute approximate surface area is 118 Å². The molecule has 0 atom stereocenters. The van der Waals surface area contributed by atoms with Crippen molar-refractivity contribution in [3.63, 3.8) is 0 Å². The Morgan fingerprint density at radius 2 is 2.15 bits per heavy atom. The van der Waals surface area contributed by atoms with Crippen LogP contribution in [0.4, 0.5) is 14.6 Å². The van der Waals surface area contributed by atoms with Crippen LogP contribution in [0.25, 0.3) is 0 Å². The highest BCUT2D eigenvalue weighted by Gasteiger charge is 2.14. The van der Waals surface area contributed by atoms with Gasteiger partial charge in [0.05, 0.1) is 19.7 Å². The van der Waals surface area contributed by atoms with E-state index in [1.54, 1.807) is 0 Å². The van der Waals surface area contributed by atoms with Crippen molar-refractivity contribution in [3.05, 3.63) is 17.6 Å². The molecule has 0 amide bonds. The fourth-order valence-corrected chi connectivity index (χ4v) is 1.82. The summed E-state index contributed by atoms with van der Waals surface area (Å²) >= 11 is 0. The van der Waals surface area contributed by atoms with Gasteiger partial charge in [-0.15, -0.1) is 0 Å². The van der Waals surface area contributed by atoms with Crippen molar-refractivity contribution in [3.8, 4) is 0 Å². The first-order valence-electron chi connectivity index (χ1n) is 6.75. The summed E-state index contributed by atoms with van der Waals surface area (Å²) in [5.74, 6) is 1.19. The van der Waals surface area contributed by atoms with E-state index in [4.69, 9.17) is 5.11 Å². The smallest absolute Gasteiger partial charge is 0.251 e. The quantitative estimate of drug-likeness (QED) is 0.724. The number of alkyl halides is 2. The zero-order valence-electron chi connectivity index (χ0n) is 11.9. The molecular weight excluding hydrogens is 266 g/mol. The molecule has 1 heterocycles. The van der Waals surface area contributed by atoms with Gasteiger partial charge in [0.25, 0.3) is 6.43 Å². The number of halogens is 2. The van der Waals surface area contributed by atoms with Crippen molar-refractivity contribution in [2.45, 2.75) is 33.2 Å². The highest BCUT2D eigenvalue weighted by molar-refractivity contribution is 5.35. The van der Waals surface area contributed by atoms with E-state index < -0.39 is 13.0 Å². The van der Waals surface area contributed by atoms with Crippen molar-refractivity contribution in [1.82, 2.24) is 14.9 Å². The number of hydrogen-bond acceptors (Lipinski definition) is 5. The lowest BCUT2D eigenvalue weighted by atomic mass is 10.3. The number of aliphatic hydroxyl groups is 1. The summed E-state index contributed by atoms with van der Waals surface area (Å²) in [6, 6.07) is 1.82. The van der Waals surface area contributed by atoms with E-state index in [0.717, 1.165) is 18.7 Å². The predicted molar refractivity (Wildman–Crippen MR) is 73.9 cm³/mol. The van der Waals surface area contributed by atoms with Gasteiger partial charge in [-0.2, -0.15) is 0 Å². The summed E-state index contributed by atoms with van der Waals surface area (Å²) in [5, 5.41) is 12.1. The van der Waals surface area contributed by atoms with E-state index in [2.05, 4.69) is 15.3 Å². The van der Waals surface area contributed by atoms with Crippen LogP contribution in [-0.4, -0.2) is 52.6 Å². The van der Waals surface area contributed by atoms with Gasteiger partial charge < -0.3 is 10.4 Å². The van der Waals surface area contributed by atoms with Gasteiger partial charge in [-0.05, 0) is 13.3 Å². The minimum absolute atomic E-state index is 0.167. The van der Waals surface area contributed by atoms with Crippen molar-refractivity contribution in [2.24, 2.45) is 0 Å². The lowest BCUT2D eigenvalue weighted by molar-refractivity contribution is 0.0734. The summed E-state index contributed by atoms with van der Waals surface area (Å²) in [5.41, 5.74) is 0.787. The number of aromatic nitrogens is 2. The molecule has 0 bridgehead atoms. The SMILES string of the molecule is CCCNc1cc(C)nc(CN(CCO)CC(F)F)n1. The first-order chi connectivity index (χ1) is 9.55. The van der Waals surface area contributed by atoms with E-state index in [1.165, 1.54) is 4.90 Å². The average Bonchev–Trinajstić information content (AvgIpc) is 2.35. The molecule has 0 radical (unpaired) electrons. The number of nitrogens with zero attached hydrogens (tertiary/aromatic N) is 3. The zero-order chi connectivity index (χ0) is 15.0. The normalized spacial score (nSPS) is 11.3. The van der Waals surface area contributed by atoms with Gasteiger partial charge in [-0.1, -0.05) is 6.92 Å². The molecule has 2 N–H and O–H groups in total. The Morgan fingerprint density at radius 1 is 1.40 bits per heavy atom. The zero-order valence-corrected chi connectivity index (χ0v) is 11.9. The minimum atomic E-state index is -2.44. The largest absolute Gasteiger partial charge is 0.395 e. The maximum absolute atomic E-state index is 12.5. The molecular formula is C13H22F2N4O. The lowest BCUT2D eigenvalue weighted by Crippen LogP contribution is -2.32. The first kappa shape index (κ1) is 16.7. The Balaban J connectivity index is 2.74. The second kappa shape index (κ2) is 8.76. The summed E-state index contributed by atoms with van der Waals surface area (Å²) < 4.78 is 24.9. The monoisotopic (exact) mass is 288 g/mol. The third kappa shape index (κ3) is 6.21. The molecule has 1 aromatic rings.